The van der Waals surface area contributed by atoms with Gasteiger partial charge in [-0.05, 0) is 30.5 Å². The zero-order valence-electron chi connectivity index (χ0n) is 14.3. The third kappa shape index (κ3) is 4.29. The summed E-state index contributed by atoms with van der Waals surface area (Å²) in [5.41, 5.74) is 1.54. The van der Waals surface area contributed by atoms with Gasteiger partial charge in [-0.3, -0.25) is 14.4 Å². The van der Waals surface area contributed by atoms with E-state index in [1.54, 1.807) is 11.8 Å². The van der Waals surface area contributed by atoms with E-state index in [0.29, 0.717) is 56.9 Å². The number of rotatable bonds is 3. The number of hydrogen-bond acceptors (Lipinski definition) is 4. The van der Waals surface area contributed by atoms with Crippen molar-refractivity contribution in [3.05, 3.63) is 23.8 Å². The molecule has 0 spiro atoms. The number of nitrogens with zero attached hydrogens (tertiary/aromatic N) is 1. The Kier molecular flexibility index (Phi) is 5.21. The van der Waals surface area contributed by atoms with Crippen molar-refractivity contribution in [2.45, 2.75) is 32.7 Å². The van der Waals surface area contributed by atoms with E-state index in [4.69, 9.17) is 4.74 Å². The monoisotopic (exact) mass is 345 g/mol. The average Bonchev–Trinajstić information content (AvgIpc) is 2.79. The maximum atomic E-state index is 12.3. The van der Waals surface area contributed by atoms with Crippen molar-refractivity contribution in [1.82, 2.24) is 10.2 Å². The van der Waals surface area contributed by atoms with E-state index in [2.05, 4.69) is 10.6 Å². The Balaban J connectivity index is 1.54. The smallest absolute Gasteiger partial charge is 0.227 e. The van der Waals surface area contributed by atoms with Crippen LogP contribution in [-0.2, 0) is 20.9 Å². The predicted molar refractivity (Wildman–Crippen MR) is 92.0 cm³/mol. The topological polar surface area (TPSA) is 87.7 Å². The molecule has 0 aromatic heterocycles. The number of benzene rings is 1. The average molecular weight is 345 g/mol. The van der Waals surface area contributed by atoms with Crippen molar-refractivity contribution in [3.8, 4) is 5.75 Å². The Hall–Kier alpha value is -2.57. The SMILES string of the molecule is CC(=O)N1CCC(C(=O)NCc2ccc3c(c2)NC(=O)CCO3)CC1. The van der Waals surface area contributed by atoms with Gasteiger partial charge in [0.2, 0.25) is 17.7 Å². The molecule has 0 aliphatic carbocycles. The molecule has 25 heavy (non-hydrogen) atoms. The first-order valence-electron chi connectivity index (χ1n) is 8.62. The Morgan fingerprint density at radius 1 is 1.32 bits per heavy atom. The number of hydrogen-bond donors (Lipinski definition) is 2. The van der Waals surface area contributed by atoms with Crippen LogP contribution in [0.15, 0.2) is 18.2 Å². The van der Waals surface area contributed by atoms with Crippen LogP contribution in [0.25, 0.3) is 0 Å². The van der Waals surface area contributed by atoms with Gasteiger partial charge in [-0.1, -0.05) is 6.07 Å². The number of amides is 3. The molecule has 0 radical (unpaired) electrons. The summed E-state index contributed by atoms with van der Waals surface area (Å²) < 4.78 is 5.52. The summed E-state index contributed by atoms with van der Waals surface area (Å²) in [4.78, 5) is 37.1. The Bertz CT molecular complexity index is 681. The molecule has 2 aliphatic heterocycles. The molecule has 1 aromatic rings. The van der Waals surface area contributed by atoms with Gasteiger partial charge in [0.05, 0.1) is 18.7 Å². The highest BCUT2D eigenvalue weighted by atomic mass is 16.5. The number of anilines is 1. The first-order chi connectivity index (χ1) is 12.0. The van der Waals surface area contributed by atoms with Gasteiger partial charge in [0, 0.05) is 32.5 Å². The fraction of sp³-hybridized carbons (Fsp3) is 0.500. The fourth-order valence-electron chi connectivity index (χ4n) is 3.17. The van der Waals surface area contributed by atoms with Crippen molar-refractivity contribution in [3.63, 3.8) is 0 Å². The third-order valence-electron chi connectivity index (χ3n) is 4.68. The van der Waals surface area contributed by atoms with Crippen molar-refractivity contribution in [2.24, 2.45) is 5.92 Å². The van der Waals surface area contributed by atoms with Crippen molar-refractivity contribution >= 4 is 23.4 Å². The Labute approximate surface area is 146 Å². The van der Waals surface area contributed by atoms with Gasteiger partial charge in [-0.15, -0.1) is 0 Å². The van der Waals surface area contributed by atoms with Crippen LogP contribution in [-0.4, -0.2) is 42.3 Å². The predicted octanol–water partition coefficient (Wildman–Crippen LogP) is 1.28. The zero-order valence-corrected chi connectivity index (χ0v) is 14.3. The lowest BCUT2D eigenvalue weighted by Gasteiger charge is -2.30. The maximum absolute atomic E-state index is 12.3. The molecule has 7 heteroatoms. The molecular formula is C18H23N3O4. The summed E-state index contributed by atoms with van der Waals surface area (Å²) in [5, 5.41) is 5.77. The molecule has 3 rings (SSSR count). The van der Waals surface area contributed by atoms with Gasteiger partial charge in [0.15, 0.2) is 0 Å². The minimum Gasteiger partial charge on any atom is -0.491 e. The standard InChI is InChI=1S/C18H23N3O4/c1-12(22)21-7-4-14(5-8-21)18(24)19-11-13-2-3-16-15(10-13)20-17(23)6-9-25-16/h2-3,10,14H,4-9,11H2,1H3,(H,19,24)(H,20,23). The van der Waals surface area contributed by atoms with Gasteiger partial charge < -0.3 is 20.3 Å². The minimum atomic E-state index is -0.0721. The number of likely N-dealkylation sites (tertiary alicyclic amines) is 1. The van der Waals surface area contributed by atoms with E-state index < -0.39 is 0 Å². The van der Waals surface area contributed by atoms with Crippen molar-refractivity contribution < 1.29 is 19.1 Å². The van der Waals surface area contributed by atoms with Crippen LogP contribution >= 0.6 is 0 Å². The number of fused-ring (bicyclic) bond motifs is 1. The van der Waals surface area contributed by atoms with Crippen LogP contribution in [0.5, 0.6) is 5.75 Å². The highest BCUT2D eigenvalue weighted by Gasteiger charge is 2.25. The van der Waals surface area contributed by atoms with E-state index in [-0.39, 0.29) is 23.6 Å². The van der Waals surface area contributed by atoms with Gasteiger partial charge in [-0.25, -0.2) is 0 Å². The second-order valence-electron chi connectivity index (χ2n) is 6.48. The van der Waals surface area contributed by atoms with E-state index in [9.17, 15) is 14.4 Å². The molecule has 0 unspecified atom stereocenters. The fourth-order valence-corrected chi connectivity index (χ4v) is 3.17. The zero-order chi connectivity index (χ0) is 17.8. The molecule has 1 saturated heterocycles. The van der Waals surface area contributed by atoms with E-state index in [1.807, 2.05) is 18.2 Å². The number of nitrogens with one attached hydrogen (secondary N) is 2. The number of carbonyl (C=O) groups is 3. The molecular weight excluding hydrogens is 322 g/mol. The van der Waals surface area contributed by atoms with Gasteiger partial charge >= 0.3 is 0 Å². The molecule has 1 fully saturated rings. The number of ether oxygens (including phenoxy) is 1. The normalized spacial score (nSPS) is 17.8. The second-order valence-corrected chi connectivity index (χ2v) is 6.48. The molecule has 1 aromatic carbocycles. The third-order valence-corrected chi connectivity index (χ3v) is 4.68. The Morgan fingerprint density at radius 3 is 2.80 bits per heavy atom. The Morgan fingerprint density at radius 2 is 2.08 bits per heavy atom. The molecule has 2 heterocycles. The lowest BCUT2D eigenvalue weighted by Crippen LogP contribution is -2.42. The summed E-state index contributed by atoms with van der Waals surface area (Å²) in [6, 6.07) is 5.53. The summed E-state index contributed by atoms with van der Waals surface area (Å²) in [6.45, 7) is 3.59. The van der Waals surface area contributed by atoms with Crippen LogP contribution in [0.1, 0.15) is 31.7 Å². The van der Waals surface area contributed by atoms with E-state index in [1.165, 1.54) is 0 Å². The number of carbonyl (C=O) groups excluding carboxylic acids is 3. The molecule has 2 aliphatic rings. The van der Waals surface area contributed by atoms with Crippen LogP contribution in [0, 0.1) is 5.92 Å². The van der Waals surface area contributed by atoms with E-state index in [0.717, 1.165) is 5.56 Å². The molecule has 134 valence electrons. The molecule has 0 bridgehead atoms. The molecule has 0 atom stereocenters. The molecule has 3 amide bonds. The highest BCUT2D eigenvalue weighted by Crippen LogP contribution is 2.28. The van der Waals surface area contributed by atoms with Gasteiger partial charge in [0.1, 0.15) is 5.75 Å². The quantitative estimate of drug-likeness (QED) is 0.864. The van der Waals surface area contributed by atoms with Crippen LogP contribution in [0.2, 0.25) is 0 Å². The molecule has 2 N–H and O–H groups in total. The van der Waals surface area contributed by atoms with Crippen LogP contribution < -0.4 is 15.4 Å². The van der Waals surface area contributed by atoms with Crippen molar-refractivity contribution in [2.75, 3.05) is 25.0 Å². The van der Waals surface area contributed by atoms with Gasteiger partial charge in [-0.2, -0.15) is 0 Å². The largest absolute Gasteiger partial charge is 0.491 e. The summed E-state index contributed by atoms with van der Waals surface area (Å²) in [7, 11) is 0. The lowest BCUT2D eigenvalue weighted by molar-refractivity contribution is -0.134. The number of piperidine rings is 1. The second kappa shape index (κ2) is 7.55. The van der Waals surface area contributed by atoms with Crippen molar-refractivity contribution in [1.29, 1.82) is 0 Å². The van der Waals surface area contributed by atoms with Crippen LogP contribution in [0.3, 0.4) is 0 Å². The van der Waals surface area contributed by atoms with Crippen LogP contribution in [0.4, 0.5) is 5.69 Å². The van der Waals surface area contributed by atoms with E-state index >= 15 is 0 Å². The molecule has 0 saturated carbocycles. The summed E-state index contributed by atoms with van der Waals surface area (Å²) in [5.74, 6) is 0.598. The summed E-state index contributed by atoms with van der Waals surface area (Å²) in [6.07, 6.45) is 1.72. The lowest BCUT2D eigenvalue weighted by atomic mass is 9.96. The highest BCUT2D eigenvalue weighted by molar-refractivity contribution is 5.93. The minimum absolute atomic E-state index is 0.0124. The molecule has 7 nitrogen and oxygen atoms in total. The van der Waals surface area contributed by atoms with Gasteiger partial charge in [0.25, 0.3) is 0 Å². The summed E-state index contributed by atoms with van der Waals surface area (Å²) >= 11 is 0. The first-order valence-corrected chi connectivity index (χ1v) is 8.62. The first kappa shape index (κ1) is 17.3. The maximum Gasteiger partial charge on any atom is 0.227 e.